The van der Waals surface area contributed by atoms with E-state index in [1.807, 2.05) is 0 Å². The van der Waals surface area contributed by atoms with Crippen LogP contribution in [0.1, 0.15) is 6.92 Å². The second kappa shape index (κ2) is 5.62. The van der Waals surface area contributed by atoms with Gasteiger partial charge in [-0.3, -0.25) is 10.1 Å². The molecule has 1 aromatic carbocycles. The van der Waals surface area contributed by atoms with Crippen LogP contribution in [0.5, 0.6) is 0 Å². The molecule has 19 heavy (non-hydrogen) atoms. The van der Waals surface area contributed by atoms with Crippen molar-refractivity contribution in [3.05, 3.63) is 39.6 Å². The Morgan fingerprint density at radius 3 is 2.26 bits per heavy atom. The SMILES string of the molecule is CC(C(=O)O)N(c1ccc([N+](=O)[O-])cc1)/[N+]([O-])=N/O. The Labute approximate surface area is 106 Å². The van der Waals surface area contributed by atoms with Gasteiger partial charge in [0.2, 0.25) is 5.28 Å². The van der Waals surface area contributed by atoms with Gasteiger partial charge in [-0.1, -0.05) is 5.01 Å². The maximum Gasteiger partial charge on any atom is 0.332 e. The molecule has 1 unspecified atom stereocenters. The third-order valence-corrected chi connectivity index (χ3v) is 2.31. The Hall–Kier alpha value is -2.91. The number of nitrogens with zero attached hydrogens (tertiary/aromatic N) is 4. The summed E-state index contributed by atoms with van der Waals surface area (Å²) in [5.41, 5.74) is -0.182. The van der Waals surface area contributed by atoms with Crippen LogP contribution < -0.4 is 5.01 Å². The van der Waals surface area contributed by atoms with Gasteiger partial charge < -0.3 is 15.5 Å². The van der Waals surface area contributed by atoms with Gasteiger partial charge in [-0.05, 0) is 19.1 Å². The Balaban J connectivity index is 3.18. The summed E-state index contributed by atoms with van der Waals surface area (Å²) >= 11 is 0. The minimum Gasteiger partial charge on any atom is -0.569 e. The van der Waals surface area contributed by atoms with Crippen LogP contribution in [0.2, 0.25) is 0 Å². The molecule has 0 aliphatic rings. The molecule has 0 fully saturated rings. The van der Waals surface area contributed by atoms with Crippen molar-refractivity contribution >= 4 is 17.3 Å². The molecule has 0 aromatic heterocycles. The van der Waals surface area contributed by atoms with E-state index < -0.39 is 16.9 Å². The summed E-state index contributed by atoms with van der Waals surface area (Å²) in [5.74, 6) is -1.33. The molecule has 0 bridgehead atoms. The summed E-state index contributed by atoms with van der Waals surface area (Å²) in [6.07, 6.45) is 0. The summed E-state index contributed by atoms with van der Waals surface area (Å²) in [4.78, 5) is 20.4. The highest BCUT2D eigenvalue weighted by Gasteiger charge is 2.29. The lowest BCUT2D eigenvalue weighted by Crippen LogP contribution is -2.43. The van der Waals surface area contributed by atoms with E-state index in [1.165, 1.54) is 19.1 Å². The normalized spacial score (nSPS) is 12.8. The van der Waals surface area contributed by atoms with Gasteiger partial charge in [-0.15, -0.1) is 0 Å². The zero-order valence-corrected chi connectivity index (χ0v) is 9.70. The quantitative estimate of drug-likeness (QED) is 0.353. The maximum atomic E-state index is 11.3. The number of non-ortho nitro benzene ring substituents is 1. The number of rotatable bonds is 5. The van der Waals surface area contributed by atoms with Crippen molar-refractivity contribution in [1.82, 2.24) is 0 Å². The first-order valence-corrected chi connectivity index (χ1v) is 4.97. The average molecular weight is 270 g/mol. The van der Waals surface area contributed by atoms with Crippen LogP contribution in [0.15, 0.2) is 29.5 Å². The highest BCUT2D eigenvalue weighted by Crippen LogP contribution is 2.21. The number of hydrogen-bond acceptors (Lipinski definition) is 5. The predicted molar refractivity (Wildman–Crippen MR) is 60.5 cm³/mol. The van der Waals surface area contributed by atoms with Crippen LogP contribution in [0.3, 0.4) is 0 Å². The van der Waals surface area contributed by atoms with E-state index in [0.717, 1.165) is 12.1 Å². The third kappa shape index (κ3) is 3.06. The molecule has 102 valence electrons. The number of nitro benzene ring substituents is 1. The zero-order valence-electron chi connectivity index (χ0n) is 9.70. The van der Waals surface area contributed by atoms with E-state index in [1.54, 1.807) is 0 Å². The van der Waals surface area contributed by atoms with Crippen molar-refractivity contribution < 1.29 is 25.0 Å². The first kappa shape index (κ1) is 14.2. The predicted octanol–water partition coefficient (Wildman–Crippen LogP) is 1.14. The van der Waals surface area contributed by atoms with Crippen LogP contribution in [-0.2, 0) is 4.79 Å². The summed E-state index contributed by atoms with van der Waals surface area (Å²) in [6, 6.07) is 3.22. The molecule has 0 aliphatic heterocycles. The Bertz CT molecular complexity index is 514. The van der Waals surface area contributed by atoms with Gasteiger partial charge in [0.25, 0.3) is 5.69 Å². The van der Waals surface area contributed by atoms with Crippen molar-refractivity contribution in [2.75, 3.05) is 5.01 Å². The lowest BCUT2D eigenvalue weighted by atomic mass is 10.2. The van der Waals surface area contributed by atoms with E-state index in [0.29, 0.717) is 5.01 Å². The second-order valence-electron chi connectivity index (χ2n) is 3.47. The number of aliphatic carboxylic acids is 1. The van der Waals surface area contributed by atoms with Crippen molar-refractivity contribution in [2.45, 2.75) is 13.0 Å². The van der Waals surface area contributed by atoms with Gasteiger partial charge in [0.15, 0.2) is 6.04 Å². The third-order valence-electron chi connectivity index (χ3n) is 2.31. The summed E-state index contributed by atoms with van der Waals surface area (Å²) in [5, 5.41) is 42.0. The summed E-state index contributed by atoms with van der Waals surface area (Å²) in [7, 11) is 0. The van der Waals surface area contributed by atoms with Crippen LogP contribution in [0.25, 0.3) is 0 Å². The van der Waals surface area contributed by atoms with E-state index in [2.05, 4.69) is 5.28 Å². The van der Waals surface area contributed by atoms with Gasteiger partial charge in [0.05, 0.1) is 9.89 Å². The molecule has 1 rings (SSSR count). The molecule has 0 saturated heterocycles. The second-order valence-corrected chi connectivity index (χ2v) is 3.47. The van der Waals surface area contributed by atoms with E-state index in [-0.39, 0.29) is 16.3 Å². The molecule has 0 radical (unpaired) electrons. The Morgan fingerprint density at radius 2 is 1.89 bits per heavy atom. The number of hydrogen-bond donors (Lipinski definition) is 2. The molecule has 0 spiro atoms. The molecule has 0 saturated carbocycles. The number of carbonyl (C=O) groups is 1. The average Bonchev–Trinajstić information content (AvgIpc) is 2.39. The molecule has 10 nitrogen and oxygen atoms in total. The van der Waals surface area contributed by atoms with Crippen LogP contribution in [0, 0.1) is 15.3 Å². The van der Waals surface area contributed by atoms with Gasteiger partial charge >= 0.3 is 5.97 Å². The molecule has 0 aliphatic carbocycles. The zero-order chi connectivity index (χ0) is 14.6. The molecule has 1 atom stereocenters. The standard InChI is InChI=1S/C9H10N4O6/c1-6(9(14)15)11(13(19)10-16)7-2-4-8(5-3-7)12(17)18/h2-6,16H,1H3,(H,14,15)/b13-10-. The van der Waals surface area contributed by atoms with E-state index in [4.69, 9.17) is 10.3 Å². The Morgan fingerprint density at radius 1 is 1.37 bits per heavy atom. The Kier molecular flexibility index (Phi) is 4.19. The molecular weight excluding hydrogens is 260 g/mol. The van der Waals surface area contributed by atoms with Crippen molar-refractivity contribution in [2.24, 2.45) is 5.28 Å². The number of carboxylic acid groups (broad SMARTS) is 1. The molecule has 0 heterocycles. The number of carboxylic acids is 1. The first-order chi connectivity index (χ1) is 8.88. The smallest absolute Gasteiger partial charge is 0.332 e. The van der Waals surface area contributed by atoms with Gasteiger partial charge in [-0.25, -0.2) is 4.79 Å². The van der Waals surface area contributed by atoms with Crippen LogP contribution >= 0.6 is 0 Å². The lowest BCUT2D eigenvalue weighted by Gasteiger charge is -2.20. The van der Waals surface area contributed by atoms with Gasteiger partial charge in [-0.2, -0.15) is 0 Å². The first-order valence-electron chi connectivity index (χ1n) is 4.97. The fraction of sp³-hybridized carbons (Fsp3) is 0.222. The van der Waals surface area contributed by atoms with Crippen LogP contribution in [-0.4, -0.2) is 32.2 Å². The number of nitro groups is 1. The topological polar surface area (TPSA) is 142 Å². The summed E-state index contributed by atoms with van der Waals surface area (Å²) in [6.45, 7) is 1.19. The maximum absolute atomic E-state index is 11.3. The van der Waals surface area contributed by atoms with Crippen molar-refractivity contribution in [3.8, 4) is 0 Å². The molecule has 1 aromatic rings. The van der Waals surface area contributed by atoms with E-state index in [9.17, 15) is 20.1 Å². The fourth-order valence-electron chi connectivity index (χ4n) is 1.35. The molecule has 0 amide bonds. The highest BCUT2D eigenvalue weighted by molar-refractivity contribution is 5.76. The van der Waals surface area contributed by atoms with E-state index >= 15 is 0 Å². The van der Waals surface area contributed by atoms with Gasteiger partial charge in [0, 0.05) is 12.1 Å². The summed E-state index contributed by atoms with van der Waals surface area (Å²) < 4.78 is 0. The molecule has 2 N–H and O–H groups in total. The van der Waals surface area contributed by atoms with Crippen molar-refractivity contribution in [1.29, 1.82) is 0 Å². The van der Waals surface area contributed by atoms with Crippen molar-refractivity contribution in [3.63, 3.8) is 0 Å². The lowest BCUT2D eigenvalue weighted by molar-refractivity contribution is -0.570. The van der Waals surface area contributed by atoms with Gasteiger partial charge in [0.1, 0.15) is 5.69 Å². The number of anilines is 1. The number of hydrazine groups is 1. The monoisotopic (exact) mass is 270 g/mol. The minimum atomic E-state index is -1.33. The fourth-order valence-corrected chi connectivity index (χ4v) is 1.35. The van der Waals surface area contributed by atoms with Crippen LogP contribution in [0.4, 0.5) is 11.4 Å². The molecular formula is C9H10N4O6. The molecule has 10 heteroatoms. The number of benzene rings is 1. The highest BCUT2D eigenvalue weighted by atomic mass is 16.6. The largest absolute Gasteiger partial charge is 0.569 e. The minimum absolute atomic E-state index is 0.0355.